The maximum Gasteiger partial charge on any atom is 0.123 e. The highest BCUT2D eigenvalue weighted by atomic mass is 19.1. The predicted octanol–water partition coefficient (Wildman–Crippen LogP) is 3.07. The van der Waals surface area contributed by atoms with Crippen LogP contribution in [0.2, 0.25) is 0 Å². The molecule has 0 saturated heterocycles. The van der Waals surface area contributed by atoms with Gasteiger partial charge in [0, 0.05) is 29.8 Å². The van der Waals surface area contributed by atoms with Crippen LogP contribution >= 0.6 is 0 Å². The zero-order valence-electron chi connectivity index (χ0n) is 9.49. The van der Waals surface area contributed by atoms with E-state index in [9.17, 15) is 4.39 Å². The molecule has 0 amide bonds. The zero-order chi connectivity index (χ0) is 12.4. The first-order chi connectivity index (χ1) is 8.83. The Morgan fingerprint density at radius 2 is 1.67 bits per heavy atom. The zero-order valence-corrected chi connectivity index (χ0v) is 9.49. The molecule has 0 aliphatic rings. The molecule has 1 aromatic carbocycles. The normalized spacial score (nSPS) is 10.5. The van der Waals surface area contributed by atoms with Crippen molar-refractivity contribution in [1.29, 1.82) is 0 Å². The third-order valence-corrected chi connectivity index (χ3v) is 2.68. The summed E-state index contributed by atoms with van der Waals surface area (Å²) in [6, 6.07) is 10.1. The summed E-state index contributed by atoms with van der Waals surface area (Å²) in [6.07, 6.45) is 7.09. The third-order valence-electron chi connectivity index (χ3n) is 2.68. The van der Waals surface area contributed by atoms with Gasteiger partial charge in [0.05, 0.1) is 12.0 Å². The van der Waals surface area contributed by atoms with Crippen LogP contribution in [-0.2, 0) is 0 Å². The Morgan fingerprint density at radius 1 is 0.944 bits per heavy atom. The van der Waals surface area contributed by atoms with Gasteiger partial charge in [-0.05, 0) is 36.4 Å². The van der Waals surface area contributed by atoms with Gasteiger partial charge in [-0.2, -0.15) is 0 Å². The summed E-state index contributed by atoms with van der Waals surface area (Å²) >= 11 is 0. The predicted molar refractivity (Wildman–Crippen MR) is 66.8 cm³/mol. The maximum absolute atomic E-state index is 12.8. The van der Waals surface area contributed by atoms with Gasteiger partial charge < -0.3 is 4.57 Å². The highest BCUT2D eigenvalue weighted by molar-refractivity contribution is 5.58. The van der Waals surface area contributed by atoms with Crippen molar-refractivity contribution >= 4 is 0 Å². The van der Waals surface area contributed by atoms with Crippen LogP contribution in [0.1, 0.15) is 0 Å². The SMILES string of the molecule is Fc1ccc(-c2cn(-c3ccncc3)cn2)cc1. The van der Waals surface area contributed by atoms with Crippen LogP contribution < -0.4 is 0 Å². The first-order valence-corrected chi connectivity index (χ1v) is 5.53. The van der Waals surface area contributed by atoms with Gasteiger partial charge in [0.25, 0.3) is 0 Å². The second-order valence-electron chi connectivity index (χ2n) is 3.88. The molecule has 2 aromatic heterocycles. The van der Waals surface area contributed by atoms with E-state index in [1.165, 1.54) is 12.1 Å². The highest BCUT2D eigenvalue weighted by Gasteiger charge is 2.03. The average Bonchev–Trinajstić information content (AvgIpc) is 2.90. The summed E-state index contributed by atoms with van der Waals surface area (Å²) in [7, 11) is 0. The molecule has 3 nitrogen and oxygen atoms in total. The molecule has 0 aliphatic heterocycles. The number of imidazole rings is 1. The van der Waals surface area contributed by atoms with Crippen LogP contribution in [0.25, 0.3) is 16.9 Å². The Morgan fingerprint density at radius 3 is 2.39 bits per heavy atom. The Hall–Kier alpha value is -2.49. The molecule has 0 spiro atoms. The molecular formula is C14H10FN3. The molecule has 0 bridgehead atoms. The molecule has 0 radical (unpaired) electrons. The van der Waals surface area contributed by atoms with Crippen molar-refractivity contribution in [3.05, 3.63) is 67.1 Å². The topological polar surface area (TPSA) is 30.7 Å². The number of nitrogens with zero attached hydrogens (tertiary/aromatic N) is 3. The molecule has 88 valence electrons. The second-order valence-corrected chi connectivity index (χ2v) is 3.88. The molecule has 0 unspecified atom stereocenters. The van der Waals surface area contributed by atoms with Crippen molar-refractivity contribution < 1.29 is 4.39 Å². The molecule has 0 fully saturated rings. The minimum atomic E-state index is -0.243. The van der Waals surface area contributed by atoms with Gasteiger partial charge in [-0.1, -0.05) is 0 Å². The van der Waals surface area contributed by atoms with Gasteiger partial charge in [-0.3, -0.25) is 4.98 Å². The van der Waals surface area contributed by atoms with Crippen LogP contribution in [0.5, 0.6) is 0 Å². The largest absolute Gasteiger partial charge is 0.306 e. The maximum atomic E-state index is 12.8. The molecule has 3 rings (SSSR count). The van der Waals surface area contributed by atoms with Crippen molar-refractivity contribution in [2.75, 3.05) is 0 Å². The number of aromatic nitrogens is 3. The first-order valence-electron chi connectivity index (χ1n) is 5.53. The monoisotopic (exact) mass is 239 g/mol. The number of pyridine rings is 1. The summed E-state index contributed by atoms with van der Waals surface area (Å²) < 4.78 is 14.7. The Labute approximate surface area is 104 Å². The molecule has 0 saturated carbocycles. The van der Waals surface area contributed by atoms with Crippen LogP contribution in [-0.4, -0.2) is 14.5 Å². The van der Waals surface area contributed by atoms with E-state index in [0.717, 1.165) is 16.9 Å². The van der Waals surface area contributed by atoms with Gasteiger partial charge in [0.2, 0.25) is 0 Å². The molecule has 18 heavy (non-hydrogen) atoms. The van der Waals surface area contributed by atoms with E-state index in [1.54, 1.807) is 30.9 Å². The highest BCUT2D eigenvalue weighted by Crippen LogP contribution is 2.18. The Kier molecular flexibility index (Phi) is 2.61. The van der Waals surface area contributed by atoms with Gasteiger partial charge in [0.15, 0.2) is 0 Å². The number of hydrogen-bond acceptors (Lipinski definition) is 2. The minimum absolute atomic E-state index is 0.243. The van der Waals surface area contributed by atoms with Crippen molar-refractivity contribution in [3.8, 4) is 16.9 Å². The molecular weight excluding hydrogens is 229 g/mol. The van der Waals surface area contributed by atoms with E-state index >= 15 is 0 Å². The van der Waals surface area contributed by atoms with E-state index in [4.69, 9.17) is 0 Å². The van der Waals surface area contributed by atoms with Crippen molar-refractivity contribution in [2.24, 2.45) is 0 Å². The number of rotatable bonds is 2. The van der Waals surface area contributed by atoms with Crippen LogP contribution in [0.15, 0.2) is 61.3 Å². The lowest BCUT2D eigenvalue weighted by Gasteiger charge is -1.99. The van der Waals surface area contributed by atoms with Crippen LogP contribution in [0.3, 0.4) is 0 Å². The Bertz CT molecular complexity index is 644. The second kappa shape index (κ2) is 4.41. The lowest BCUT2D eigenvalue weighted by atomic mass is 10.2. The summed E-state index contributed by atoms with van der Waals surface area (Å²) in [5.74, 6) is -0.243. The van der Waals surface area contributed by atoms with Crippen LogP contribution in [0.4, 0.5) is 4.39 Å². The molecule has 0 atom stereocenters. The lowest BCUT2D eigenvalue weighted by Crippen LogP contribution is -1.88. The fraction of sp³-hybridized carbons (Fsp3) is 0. The van der Waals surface area contributed by atoms with Crippen molar-refractivity contribution in [3.63, 3.8) is 0 Å². The number of benzene rings is 1. The van der Waals surface area contributed by atoms with E-state index in [-0.39, 0.29) is 5.82 Å². The first kappa shape index (κ1) is 10.7. The minimum Gasteiger partial charge on any atom is -0.306 e. The molecule has 0 aliphatic carbocycles. The smallest absolute Gasteiger partial charge is 0.123 e. The standard InChI is InChI=1S/C14H10FN3/c15-12-3-1-11(2-4-12)14-9-18(10-17-14)13-5-7-16-8-6-13/h1-10H. The van der Waals surface area contributed by atoms with Gasteiger partial charge in [-0.25, -0.2) is 9.37 Å². The summed E-state index contributed by atoms with van der Waals surface area (Å²) in [4.78, 5) is 8.28. The number of halogens is 1. The van der Waals surface area contributed by atoms with E-state index in [0.29, 0.717) is 0 Å². The third kappa shape index (κ3) is 2.00. The van der Waals surface area contributed by atoms with E-state index < -0.39 is 0 Å². The fourth-order valence-corrected chi connectivity index (χ4v) is 1.75. The van der Waals surface area contributed by atoms with E-state index in [2.05, 4.69) is 9.97 Å². The fourth-order valence-electron chi connectivity index (χ4n) is 1.75. The van der Waals surface area contributed by atoms with Crippen LogP contribution in [0, 0.1) is 5.82 Å². The average molecular weight is 239 g/mol. The van der Waals surface area contributed by atoms with Gasteiger partial charge in [-0.15, -0.1) is 0 Å². The van der Waals surface area contributed by atoms with Gasteiger partial charge in [0.1, 0.15) is 5.82 Å². The van der Waals surface area contributed by atoms with Crippen molar-refractivity contribution in [2.45, 2.75) is 0 Å². The molecule has 3 aromatic rings. The Balaban J connectivity index is 1.97. The summed E-state index contributed by atoms with van der Waals surface area (Å²) in [5, 5.41) is 0. The van der Waals surface area contributed by atoms with Gasteiger partial charge >= 0.3 is 0 Å². The lowest BCUT2D eigenvalue weighted by molar-refractivity contribution is 0.628. The van der Waals surface area contributed by atoms with E-state index in [1.807, 2.05) is 22.9 Å². The number of hydrogen-bond donors (Lipinski definition) is 0. The summed E-state index contributed by atoms with van der Waals surface area (Å²) in [5.41, 5.74) is 2.70. The molecule has 0 N–H and O–H groups in total. The molecule has 2 heterocycles. The summed E-state index contributed by atoms with van der Waals surface area (Å²) in [6.45, 7) is 0. The van der Waals surface area contributed by atoms with Crippen molar-refractivity contribution in [1.82, 2.24) is 14.5 Å². The quantitative estimate of drug-likeness (QED) is 0.688. The molecule has 4 heteroatoms.